The van der Waals surface area contributed by atoms with Crippen molar-refractivity contribution in [1.29, 1.82) is 0 Å². The van der Waals surface area contributed by atoms with Gasteiger partial charge in [0.1, 0.15) is 5.82 Å². The second-order valence-corrected chi connectivity index (χ2v) is 4.31. The SMILES string of the molecule is CCNc1cc(C(=O)N(CC)C(C)CC)ccn1. The van der Waals surface area contributed by atoms with Crippen LogP contribution in [0.1, 0.15) is 44.5 Å². The van der Waals surface area contributed by atoms with Crippen LogP contribution in [-0.4, -0.2) is 34.9 Å². The zero-order valence-corrected chi connectivity index (χ0v) is 11.7. The van der Waals surface area contributed by atoms with Gasteiger partial charge < -0.3 is 10.2 Å². The average Bonchev–Trinajstić information content (AvgIpc) is 2.40. The Balaban J connectivity index is 2.91. The zero-order valence-electron chi connectivity index (χ0n) is 11.7. The van der Waals surface area contributed by atoms with Gasteiger partial charge in [-0.3, -0.25) is 4.79 Å². The lowest BCUT2D eigenvalue weighted by molar-refractivity contribution is 0.0700. The fraction of sp³-hybridized carbons (Fsp3) is 0.571. The molecule has 1 atom stereocenters. The predicted octanol–water partition coefficient (Wildman–Crippen LogP) is 2.77. The van der Waals surface area contributed by atoms with Crippen molar-refractivity contribution in [3.63, 3.8) is 0 Å². The molecule has 0 aromatic carbocycles. The van der Waals surface area contributed by atoms with E-state index in [4.69, 9.17) is 0 Å². The molecule has 0 aliphatic rings. The number of amides is 1. The Morgan fingerprint density at radius 3 is 2.72 bits per heavy atom. The molecule has 0 fully saturated rings. The summed E-state index contributed by atoms with van der Waals surface area (Å²) in [7, 11) is 0. The maximum absolute atomic E-state index is 12.4. The third-order valence-electron chi connectivity index (χ3n) is 3.09. The first-order chi connectivity index (χ1) is 8.63. The summed E-state index contributed by atoms with van der Waals surface area (Å²) in [6, 6.07) is 3.85. The molecular weight excluding hydrogens is 226 g/mol. The largest absolute Gasteiger partial charge is 0.370 e. The number of aromatic nitrogens is 1. The van der Waals surface area contributed by atoms with Crippen LogP contribution in [0, 0.1) is 0 Å². The second-order valence-electron chi connectivity index (χ2n) is 4.31. The molecule has 0 aliphatic carbocycles. The maximum atomic E-state index is 12.4. The van der Waals surface area contributed by atoms with Crippen molar-refractivity contribution in [2.45, 2.75) is 40.2 Å². The van der Waals surface area contributed by atoms with Gasteiger partial charge in [0.25, 0.3) is 5.91 Å². The molecule has 1 amide bonds. The smallest absolute Gasteiger partial charge is 0.254 e. The van der Waals surface area contributed by atoms with Crippen molar-refractivity contribution in [2.24, 2.45) is 0 Å². The van der Waals surface area contributed by atoms with Gasteiger partial charge in [0.2, 0.25) is 0 Å². The highest BCUT2D eigenvalue weighted by Crippen LogP contribution is 2.13. The summed E-state index contributed by atoms with van der Waals surface area (Å²) < 4.78 is 0. The molecular formula is C14H23N3O. The highest BCUT2D eigenvalue weighted by atomic mass is 16.2. The van der Waals surface area contributed by atoms with Crippen LogP contribution in [0.25, 0.3) is 0 Å². The van der Waals surface area contributed by atoms with E-state index in [0.29, 0.717) is 5.56 Å². The number of nitrogens with zero attached hydrogens (tertiary/aromatic N) is 2. The summed E-state index contributed by atoms with van der Waals surface area (Å²) in [5.41, 5.74) is 0.697. The molecule has 1 unspecified atom stereocenters. The van der Waals surface area contributed by atoms with Crippen LogP contribution < -0.4 is 5.32 Å². The first kappa shape index (κ1) is 14.5. The Morgan fingerprint density at radius 1 is 1.44 bits per heavy atom. The molecule has 0 saturated heterocycles. The molecule has 0 aliphatic heterocycles. The summed E-state index contributed by atoms with van der Waals surface area (Å²) in [6.45, 7) is 9.72. The molecule has 1 N–H and O–H groups in total. The molecule has 0 saturated carbocycles. The van der Waals surface area contributed by atoms with Gasteiger partial charge in [-0.15, -0.1) is 0 Å². The van der Waals surface area contributed by atoms with E-state index in [-0.39, 0.29) is 11.9 Å². The average molecular weight is 249 g/mol. The van der Waals surface area contributed by atoms with Gasteiger partial charge in [-0.05, 0) is 39.3 Å². The van der Waals surface area contributed by atoms with Crippen LogP contribution in [-0.2, 0) is 0 Å². The summed E-state index contributed by atoms with van der Waals surface area (Å²) in [5.74, 6) is 0.831. The fourth-order valence-corrected chi connectivity index (χ4v) is 1.88. The van der Waals surface area contributed by atoms with Crippen LogP contribution in [0.3, 0.4) is 0 Å². The Hall–Kier alpha value is -1.58. The Morgan fingerprint density at radius 2 is 2.17 bits per heavy atom. The molecule has 1 rings (SSSR count). The first-order valence-corrected chi connectivity index (χ1v) is 6.64. The number of carbonyl (C=O) groups excluding carboxylic acids is 1. The van der Waals surface area contributed by atoms with Gasteiger partial charge >= 0.3 is 0 Å². The van der Waals surface area contributed by atoms with Crippen molar-refractivity contribution in [1.82, 2.24) is 9.88 Å². The fourth-order valence-electron chi connectivity index (χ4n) is 1.88. The molecule has 4 nitrogen and oxygen atoms in total. The van der Waals surface area contributed by atoms with Gasteiger partial charge in [0, 0.05) is 30.9 Å². The minimum absolute atomic E-state index is 0.0772. The van der Waals surface area contributed by atoms with Crippen molar-refractivity contribution in [2.75, 3.05) is 18.4 Å². The molecule has 100 valence electrons. The van der Waals surface area contributed by atoms with E-state index in [2.05, 4.69) is 24.1 Å². The van der Waals surface area contributed by atoms with Crippen molar-refractivity contribution in [3.8, 4) is 0 Å². The van der Waals surface area contributed by atoms with Crippen molar-refractivity contribution >= 4 is 11.7 Å². The quantitative estimate of drug-likeness (QED) is 0.843. The van der Waals surface area contributed by atoms with Gasteiger partial charge in [-0.2, -0.15) is 0 Å². The molecule has 1 aromatic heterocycles. The molecule has 0 bridgehead atoms. The highest BCUT2D eigenvalue weighted by Gasteiger charge is 2.18. The summed E-state index contributed by atoms with van der Waals surface area (Å²) in [4.78, 5) is 18.5. The van der Waals surface area contributed by atoms with Crippen LogP contribution in [0.15, 0.2) is 18.3 Å². The standard InChI is InChI=1S/C14H23N3O/c1-5-11(4)17(7-3)14(18)12-8-9-16-13(10-12)15-6-2/h8-11H,5-7H2,1-4H3,(H,15,16). The highest BCUT2D eigenvalue weighted by molar-refractivity contribution is 5.95. The van der Waals surface area contributed by atoms with E-state index in [0.717, 1.165) is 25.3 Å². The van der Waals surface area contributed by atoms with Crippen LogP contribution >= 0.6 is 0 Å². The second kappa shape index (κ2) is 6.99. The van der Waals surface area contributed by atoms with Crippen molar-refractivity contribution < 1.29 is 4.79 Å². The Bertz CT molecular complexity index is 392. The van der Waals surface area contributed by atoms with Gasteiger partial charge in [0.15, 0.2) is 0 Å². The number of hydrogen-bond acceptors (Lipinski definition) is 3. The summed E-state index contributed by atoms with van der Waals surface area (Å²) in [5, 5.41) is 3.12. The molecule has 1 aromatic rings. The van der Waals surface area contributed by atoms with Crippen LogP contribution in [0.4, 0.5) is 5.82 Å². The molecule has 0 radical (unpaired) electrons. The predicted molar refractivity (Wildman–Crippen MR) is 74.9 cm³/mol. The van der Waals surface area contributed by atoms with Crippen LogP contribution in [0.2, 0.25) is 0 Å². The van der Waals surface area contributed by atoms with E-state index in [1.54, 1.807) is 12.3 Å². The lowest BCUT2D eigenvalue weighted by Crippen LogP contribution is -2.38. The third-order valence-corrected chi connectivity index (χ3v) is 3.09. The lowest BCUT2D eigenvalue weighted by Gasteiger charge is -2.27. The third kappa shape index (κ3) is 3.45. The number of rotatable bonds is 6. The number of hydrogen-bond donors (Lipinski definition) is 1. The normalized spacial score (nSPS) is 12.0. The number of carbonyl (C=O) groups is 1. The Labute approximate surface area is 109 Å². The summed E-state index contributed by atoms with van der Waals surface area (Å²) >= 11 is 0. The first-order valence-electron chi connectivity index (χ1n) is 6.64. The van der Waals surface area contributed by atoms with E-state index in [1.165, 1.54) is 0 Å². The summed E-state index contributed by atoms with van der Waals surface area (Å²) in [6.07, 6.45) is 2.64. The molecule has 0 spiro atoms. The number of pyridine rings is 1. The zero-order chi connectivity index (χ0) is 13.5. The monoisotopic (exact) mass is 249 g/mol. The van der Waals surface area contributed by atoms with E-state index in [9.17, 15) is 4.79 Å². The minimum Gasteiger partial charge on any atom is -0.370 e. The Kier molecular flexibility index (Phi) is 5.62. The number of anilines is 1. The van der Waals surface area contributed by atoms with E-state index < -0.39 is 0 Å². The lowest BCUT2D eigenvalue weighted by atomic mass is 10.1. The van der Waals surface area contributed by atoms with Gasteiger partial charge in [0.05, 0.1) is 0 Å². The maximum Gasteiger partial charge on any atom is 0.254 e. The van der Waals surface area contributed by atoms with Crippen LogP contribution in [0.5, 0.6) is 0 Å². The topological polar surface area (TPSA) is 45.2 Å². The number of nitrogens with one attached hydrogen (secondary N) is 1. The molecule has 1 heterocycles. The van der Waals surface area contributed by atoms with E-state index >= 15 is 0 Å². The van der Waals surface area contributed by atoms with Gasteiger partial charge in [-0.25, -0.2) is 4.98 Å². The molecule has 4 heteroatoms. The minimum atomic E-state index is 0.0772. The van der Waals surface area contributed by atoms with Crippen molar-refractivity contribution in [3.05, 3.63) is 23.9 Å². The van der Waals surface area contributed by atoms with E-state index in [1.807, 2.05) is 24.8 Å². The van der Waals surface area contributed by atoms with Gasteiger partial charge in [-0.1, -0.05) is 6.92 Å². The molecule has 18 heavy (non-hydrogen) atoms.